The molecular weight excluding hydrogens is 412 g/mol. The van der Waals surface area contributed by atoms with Gasteiger partial charge in [-0.25, -0.2) is 0 Å². The van der Waals surface area contributed by atoms with Crippen molar-refractivity contribution in [3.8, 4) is 5.75 Å². The smallest absolute Gasteiger partial charge is 0.119 e. The van der Waals surface area contributed by atoms with Crippen LogP contribution in [0, 0.1) is 17.8 Å². The van der Waals surface area contributed by atoms with E-state index in [4.69, 9.17) is 4.74 Å². The summed E-state index contributed by atoms with van der Waals surface area (Å²) < 4.78 is 5.87. The molecule has 0 saturated heterocycles. The largest absolute Gasteiger partial charge is 0.494 e. The monoisotopic (exact) mass is 464 g/mol. The highest BCUT2D eigenvalue weighted by Gasteiger charge is 2.26. The first kappa shape index (κ1) is 27.1. The van der Waals surface area contributed by atoms with E-state index in [1.54, 1.807) is 0 Å². The Kier molecular flexibility index (Phi) is 12.9. The Balaban J connectivity index is 1.30. The molecule has 1 aromatic carbocycles. The van der Waals surface area contributed by atoms with E-state index in [0.717, 1.165) is 36.5 Å². The summed E-state index contributed by atoms with van der Waals surface area (Å²) in [7, 11) is 0. The molecule has 1 atom stereocenters. The number of rotatable bonds is 16. The van der Waals surface area contributed by atoms with Crippen LogP contribution in [-0.2, 0) is 0 Å². The van der Waals surface area contributed by atoms with Gasteiger partial charge in [-0.1, -0.05) is 128 Å². The van der Waals surface area contributed by atoms with Crippen LogP contribution in [0.15, 0.2) is 42.5 Å². The number of hydrogen-bond donors (Lipinski definition) is 0. The van der Waals surface area contributed by atoms with Gasteiger partial charge in [-0.15, -0.1) is 0 Å². The second-order valence-electron chi connectivity index (χ2n) is 11.0. The van der Waals surface area contributed by atoms with Crippen molar-refractivity contribution < 1.29 is 4.74 Å². The minimum Gasteiger partial charge on any atom is -0.494 e. The summed E-state index contributed by atoms with van der Waals surface area (Å²) in [5, 5.41) is 0. The molecule has 0 radical (unpaired) electrons. The van der Waals surface area contributed by atoms with Crippen LogP contribution in [0.5, 0.6) is 5.75 Å². The van der Waals surface area contributed by atoms with E-state index in [-0.39, 0.29) is 0 Å². The van der Waals surface area contributed by atoms with Gasteiger partial charge in [-0.2, -0.15) is 0 Å². The van der Waals surface area contributed by atoms with Crippen molar-refractivity contribution in [1.82, 2.24) is 0 Å². The Bertz CT molecular complexity index is 705. The zero-order valence-electron chi connectivity index (χ0n) is 22.4. The third-order valence-electron chi connectivity index (χ3n) is 8.30. The number of hydrogen-bond acceptors (Lipinski definition) is 1. The van der Waals surface area contributed by atoms with Crippen molar-refractivity contribution >= 4 is 5.57 Å². The fourth-order valence-corrected chi connectivity index (χ4v) is 5.96. The molecule has 3 rings (SSSR count). The van der Waals surface area contributed by atoms with E-state index < -0.39 is 0 Å². The fourth-order valence-electron chi connectivity index (χ4n) is 5.96. The SMILES string of the molecule is CCCCCCCCCC[C@H]1CC[C@H](C2C=CC(c3ccc(OCCCCC)cc3)=CC2)CC1. The van der Waals surface area contributed by atoms with Gasteiger partial charge in [0.1, 0.15) is 5.75 Å². The van der Waals surface area contributed by atoms with Crippen LogP contribution in [0.3, 0.4) is 0 Å². The van der Waals surface area contributed by atoms with Crippen molar-refractivity contribution in [2.45, 2.75) is 123 Å². The molecule has 1 heteroatoms. The Hall–Kier alpha value is -1.50. The van der Waals surface area contributed by atoms with Crippen LogP contribution in [0.25, 0.3) is 5.57 Å². The topological polar surface area (TPSA) is 9.23 Å². The summed E-state index contributed by atoms with van der Waals surface area (Å²) in [6.07, 6.45) is 31.2. The van der Waals surface area contributed by atoms with Crippen molar-refractivity contribution in [2.24, 2.45) is 17.8 Å². The van der Waals surface area contributed by atoms with Gasteiger partial charge < -0.3 is 4.74 Å². The van der Waals surface area contributed by atoms with E-state index in [1.807, 2.05) is 0 Å². The lowest BCUT2D eigenvalue weighted by atomic mass is 9.72. The average Bonchev–Trinajstić information content (AvgIpc) is 2.89. The zero-order valence-corrected chi connectivity index (χ0v) is 22.4. The standard InChI is InChI=1S/C33H52O/c1-3-5-7-8-9-10-11-12-14-28-15-17-29(18-16-28)30-19-21-31(22-20-30)32-23-25-33(26-24-32)34-27-13-6-4-2/h19,21-26,28-30H,3-18,20,27H2,1-2H3/t28-,29-,30?. The predicted molar refractivity (Wildman–Crippen MR) is 149 cm³/mol. The summed E-state index contributed by atoms with van der Waals surface area (Å²) >= 11 is 0. The maximum atomic E-state index is 5.87. The van der Waals surface area contributed by atoms with Crippen molar-refractivity contribution in [2.75, 3.05) is 6.61 Å². The van der Waals surface area contributed by atoms with Crippen LogP contribution in [0.4, 0.5) is 0 Å². The highest BCUT2D eigenvalue weighted by atomic mass is 16.5. The molecule has 190 valence electrons. The Labute approximate surface area is 211 Å². The maximum Gasteiger partial charge on any atom is 0.119 e. The average molecular weight is 465 g/mol. The highest BCUT2D eigenvalue weighted by molar-refractivity contribution is 5.75. The first-order chi connectivity index (χ1) is 16.8. The molecule has 2 aliphatic carbocycles. The van der Waals surface area contributed by atoms with Gasteiger partial charge >= 0.3 is 0 Å². The Morgan fingerprint density at radius 1 is 0.735 bits per heavy atom. The lowest BCUT2D eigenvalue weighted by Gasteiger charge is -2.33. The third kappa shape index (κ3) is 9.63. The number of allylic oxidation sites excluding steroid dienone is 4. The normalized spacial score (nSPS) is 22.5. The molecule has 0 amide bonds. The molecule has 0 bridgehead atoms. The fraction of sp³-hybridized carbons (Fsp3) is 0.697. The molecule has 0 aromatic heterocycles. The van der Waals surface area contributed by atoms with E-state index in [0.29, 0.717) is 0 Å². The first-order valence-electron chi connectivity index (χ1n) is 14.9. The van der Waals surface area contributed by atoms with Gasteiger partial charge in [0.25, 0.3) is 0 Å². The Morgan fingerprint density at radius 3 is 2.03 bits per heavy atom. The van der Waals surface area contributed by atoms with E-state index in [1.165, 1.54) is 114 Å². The molecule has 0 heterocycles. The van der Waals surface area contributed by atoms with Crippen LogP contribution in [0.1, 0.15) is 129 Å². The molecule has 1 unspecified atom stereocenters. The number of ether oxygens (including phenoxy) is 1. The second-order valence-corrected chi connectivity index (χ2v) is 11.0. The molecule has 2 aliphatic rings. The minimum atomic E-state index is 0.758. The Morgan fingerprint density at radius 2 is 1.38 bits per heavy atom. The van der Waals surface area contributed by atoms with E-state index in [2.05, 4.69) is 56.3 Å². The van der Waals surface area contributed by atoms with Crippen LogP contribution >= 0.6 is 0 Å². The van der Waals surface area contributed by atoms with Gasteiger partial charge in [-0.3, -0.25) is 0 Å². The molecule has 1 fully saturated rings. The quantitative estimate of drug-likeness (QED) is 0.221. The molecule has 1 aromatic rings. The van der Waals surface area contributed by atoms with Crippen molar-refractivity contribution in [3.05, 3.63) is 48.1 Å². The summed E-state index contributed by atoms with van der Waals surface area (Å²) in [6, 6.07) is 8.72. The summed E-state index contributed by atoms with van der Waals surface area (Å²) in [6.45, 7) is 5.37. The van der Waals surface area contributed by atoms with E-state index >= 15 is 0 Å². The molecule has 1 saturated carbocycles. The van der Waals surface area contributed by atoms with Crippen LogP contribution in [-0.4, -0.2) is 6.61 Å². The van der Waals surface area contributed by atoms with Crippen molar-refractivity contribution in [1.29, 1.82) is 0 Å². The first-order valence-corrected chi connectivity index (χ1v) is 14.9. The van der Waals surface area contributed by atoms with E-state index in [9.17, 15) is 0 Å². The molecule has 0 spiro atoms. The van der Waals surface area contributed by atoms with Crippen molar-refractivity contribution in [3.63, 3.8) is 0 Å². The lowest BCUT2D eigenvalue weighted by Crippen LogP contribution is -2.21. The highest BCUT2D eigenvalue weighted by Crippen LogP contribution is 2.39. The zero-order chi connectivity index (χ0) is 23.8. The molecule has 0 aliphatic heterocycles. The van der Waals surface area contributed by atoms with Gasteiger partial charge in [-0.05, 0) is 66.7 Å². The maximum absolute atomic E-state index is 5.87. The minimum absolute atomic E-state index is 0.758. The number of unbranched alkanes of at least 4 members (excludes halogenated alkanes) is 9. The van der Waals surface area contributed by atoms with Crippen LogP contribution < -0.4 is 4.74 Å². The third-order valence-corrected chi connectivity index (χ3v) is 8.30. The lowest BCUT2D eigenvalue weighted by molar-refractivity contribution is 0.218. The summed E-state index contributed by atoms with van der Waals surface area (Å²) in [5.41, 5.74) is 2.71. The van der Waals surface area contributed by atoms with Gasteiger partial charge in [0.2, 0.25) is 0 Å². The molecular formula is C33H52O. The van der Waals surface area contributed by atoms with Gasteiger partial charge in [0.15, 0.2) is 0 Å². The van der Waals surface area contributed by atoms with Crippen LogP contribution in [0.2, 0.25) is 0 Å². The molecule has 1 nitrogen and oxygen atoms in total. The number of benzene rings is 1. The predicted octanol–water partition coefficient (Wildman–Crippen LogP) is 10.6. The van der Waals surface area contributed by atoms with Gasteiger partial charge in [0.05, 0.1) is 6.61 Å². The second kappa shape index (κ2) is 16.2. The molecule has 0 N–H and O–H groups in total. The van der Waals surface area contributed by atoms with Gasteiger partial charge in [0, 0.05) is 0 Å². The molecule has 34 heavy (non-hydrogen) atoms. The summed E-state index contributed by atoms with van der Waals surface area (Å²) in [4.78, 5) is 0. The summed E-state index contributed by atoms with van der Waals surface area (Å²) in [5.74, 6) is 3.68.